The monoisotopic (exact) mass is 707 g/mol. The largest absolute Gasteiger partial charge is 0.490 e. The molecule has 0 aliphatic carbocycles. The van der Waals surface area contributed by atoms with Crippen LogP contribution in [-0.4, -0.2) is 31.2 Å². The maximum Gasteiger partial charge on any atom is 0.271 e. The van der Waals surface area contributed by atoms with Crippen LogP contribution in [-0.2, 0) is 11.4 Å². The van der Waals surface area contributed by atoms with Gasteiger partial charge in [-0.1, -0.05) is 58.4 Å². The molecule has 0 aromatic heterocycles. The third-order valence-corrected chi connectivity index (χ3v) is 7.21. The van der Waals surface area contributed by atoms with Crippen LogP contribution in [0.3, 0.4) is 0 Å². The highest BCUT2D eigenvalue weighted by Crippen LogP contribution is 2.32. The van der Waals surface area contributed by atoms with E-state index in [1.165, 1.54) is 6.21 Å². The summed E-state index contributed by atoms with van der Waals surface area (Å²) < 4.78 is 18.9. The normalized spacial score (nSPS) is 10.8. The van der Waals surface area contributed by atoms with Gasteiger partial charge in [-0.15, -0.1) is 0 Å². The molecule has 0 saturated heterocycles. The predicted octanol–water partition coefficient (Wildman–Crippen LogP) is 7.59. The fourth-order valence-corrected chi connectivity index (χ4v) is 5.39. The maximum absolute atomic E-state index is 12.9. The first-order valence-corrected chi connectivity index (χ1v) is 15.1. The van der Waals surface area contributed by atoms with Crippen molar-refractivity contribution in [3.8, 4) is 17.2 Å². The first kappa shape index (κ1) is 31.8. The van der Waals surface area contributed by atoms with Gasteiger partial charge in [0.15, 0.2) is 18.1 Å². The number of hydrazone groups is 1. The number of nitrogens with zero attached hydrogens (tertiary/aromatic N) is 1. The standard InChI is InChI=1S/C33H31Br2N3O5/c1-4-41-30-16-24(12-13-29(30)42-19-23-8-6-5-7-9-23)33(40)38-36-18-25-15-26(34)17-27(35)32(25)43-20-31(39)37-28-14-21(2)10-11-22(28)3/h5-18H,4,19-20H2,1-3H3,(H,37,39)(H,38,40)/b36-18+. The number of halogens is 2. The van der Waals surface area contributed by atoms with Crippen molar-refractivity contribution in [2.75, 3.05) is 18.5 Å². The molecule has 4 aromatic rings. The second-order valence-electron chi connectivity index (χ2n) is 9.53. The highest BCUT2D eigenvalue weighted by molar-refractivity contribution is 9.11. The van der Waals surface area contributed by atoms with Gasteiger partial charge in [-0.3, -0.25) is 9.59 Å². The molecule has 0 aliphatic heterocycles. The fourth-order valence-electron chi connectivity index (χ4n) is 4.02. The van der Waals surface area contributed by atoms with Crippen molar-refractivity contribution in [1.82, 2.24) is 5.43 Å². The Kier molecular flexibility index (Phi) is 11.4. The second kappa shape index (κ2) is 15.4. The highest BCUT2D eigenvalue weighted by Gasteiger charge is 2.14. The molecule has 0 unspecified atom stereocenters. The SMILES string of the molecule is CCOc1cc(C(=O)N/N=C/c2cc(Br)cc(Br)c2OCC(=O)Nc2cc(C)ccc2C)ccc1OCc1ccccc1. The number of anilines is 1. The molecule has 0 aliphatic rings. The van der Waals surface area contributed by atoms with Crippen molar-refractivity contribution >= 4 is 55.6 Å². The number of rotatable bonds is 12. The predicted molar refractivity (Wildman–Crippen MR) is 175 cm³/mol. The van der Waals surface area contributed by atoms with Gasteiger partial charge in [0.1, 0.15) is 12.4 Å². The van der Waals surface area contributed by atoms with Gasteiger partial charge in [0, 0.05) is 21.3 Å². The van der Waals surface area contributed by atoms with Crippen molar-refractivity contribution in [2.45, 2.75) is 27.4 Å². The molecule has 0 spiro atoms. The van der Waals surface area contributed by atoms with Crippen LogP contribution in [0.2, 0.25) is 0 Å². The van der Waals surface area contributed by atoms with Crippen molar-refractivity contribution < 1.29 is 23.8 Å². The molecule has 2 N–H and O–H groups in total. The average Bonchev–Trinajstić information content (AvgIpc) is 2.98. The second-order valence-corrected chi connectivity index (χ2v) is 11.3. The third-order valence-electron chi connectivity index (χ3n) is 6.16. The minimum absolute atomic E-state index is 0.223. The van der Waals surface area contributed by atoms with E-state index in [1.54, 1.807) is 30.3 Å². The van der Waals surface area contributed by atoms with Crippen LogP contribution in [0.15, 0.2) is 92.9 Å². The van der Waals surface area contributed by atoms with Gasteiger partial charge < -0.3 is 19.5 Å². The Hall–Kier alpha value is -4.15. The Morgan fingerprint density at radius 1 is 0.884 bits per heavy atom. The first-order chi connectivity index (χ1) is 20.7. The summed E-state index contributed by atoms with van der Waals surface area (Å²) in [5.41, 5.74) is 7.18. The van der Waals surface area contributed by atoms with Crippen LogP contribution in [0.25, 0.3) is 0 Å². The van der Waals surface area contributed by atoms with E-state index in [0.717, 1.165) is 26.9 Å². The van der Waals surface area contributed by atoms with Gasteiger partial charge in [0.25, 0.3) is 11.8 Å². The molecule has 0 saturated carbocycles. The number of benzene rings is 4. The lowest BCUT2D eigenvalue weighted by atomic mass is 10.1. The number of nitrogens with one attached hydrogen (secondary N) is 2. The molecule has 0 bridgehead atoms. The summed E-state index contributed by atoms with van der Waals surface area (Å²) in [5, 5.41) is 7.02. The van der Waals surface area contributed by atoms with Crippen LogP contribution in [0, 0.1) is 13.8 Å². The lowest BCUT2D eigenvalue weighted by Gasteiger charge is -2.14. The number of ether oxygens (including phenoxy) is 3. The zero-order valence-corrected chi connectivity index (χ0v) is 27.1. The maximum atomic E-state index is 12.9. The third kappa shape index (κ3) is 9.17. The zero-order chi connectivity index (χ0) is 30.8. The minimum atomic E-state index is -0.434. The lowest BCUT2D eigenvalue weighted by molar-refractivity contribution is -0.118. The molecule has 8 nitrogen and oxygen atoms in total. The quantitative estimate of drug-likeness (QED) is 0.117. The molecule has 4 rings (SSSR count). The molecule has 4 aromatic carbocycles. The van der Waals surface area contributed by atoms with Crippen LogP contribution in [0.5, 0.6) is 17.2 Å². The topological polar surface area (TPSA) is 98.3 Å². The van der Waals surface area contributed by atoms with Crippen LogP contribution < -0.4 is 25.0 Å². The fraction of sp³-hybridized carbons (Fsp3) is 0.182. The van der Waals surface area contributed by atoms with Crippen molar-refractivity contribution in [3.05, 3.63) is 116 Å². The van der Waals surface area contributed by atoms with E-state index in [1.807, 2.05) is 69.3 Å². The average molecular weight is 709 g/mol. The summed E-state index contributed by atoms with van der Waals surface area (Å²) in [6, 6.07) is 24.2. The number of carbonyl (C=O) groups is 2. The zero-order valence-electron chi connectivity index (χ0n) is 23.9. The molecule has 0 radical (unpaired) electrons. The summed E-state index contributed by atoms with van der Waals surface area (Å²) in [4.78, 5) is 25.6. The molecular formula is C33H31Br2N3O5. The van der Waals surface area contributed by atoms with E-state index in [0.29, 0.717) is 46.1 Å². The Bertz CT molecular complexity index is 1630. The molecule has 0 atom stereocenters. The number of aryl methyl sites for hydroxylation is 2. The summed E-state index contributed by atoms with van der Waals surface area (Å²) in [5.74, 6) is 0.655. The van der Waals surface area contributed by atoms with Gasteiger partial charge in [0.05, 0.1) is 17.3 Å². The van der Waals surface area contributed by atoms with Gasteiger partial charge in [0.2, 0.25) is 0 Å². The van der Waals surface area contributed by atoms with E-state index < -0.39 is 5.91 Å². The molecule has 10 heteroatoms. The Labute approximate surface area is 267 Å². The van der Waals surface area contributed by atoms with Crippen molar-refractivity contribution in [2.24, 2.45) is 5.10 Å². The van der Waals surface area contributed by atoms with Gasteiger partial charge in [-0.2, -0.15) is 5.10 Å². The van der Waals surface area contributed by atoms with E-state index in [-0.39, 0.29) is 12.5 Å². The number of carbonyl (C=O) groups excluding carboxylic acids is 2. The Balaban J connectivity index is 1.42. The summed E-state index contributed by atoms with van der Waals surface area (Å²) in [6.07, 6.45) is 1.45. The Morgan fingerprint density at radius 2 is 1.67 bits per heavy atom. The molecule has 43 heavy (non-hydrogen) atoms. The number of hydrogen-bond donors (Lipinski definition) is 2. The molecule has 0 heterocycles. The van der Waals surface area contributed by atoms with Gasteiger partial charge in [-0.25, -0.2) is 5.43 Å². The van der Waals surface area contributed by atoms with E-state index >= 15 is 0 Å². The number of hydrogen-bond acceptors (Lipinski definition) is 6. The van der Waals surface area contributed by atoms with Crippen molar-refractivity contribution in [1.29, 1.82) is 0 Å². The van der Waals surface area contributed by atoms with Crippen LogP contribution in [0.4, 0.5) is 5.69 Å². The summed E-state index contributed by atoms with van der Waals surface area (Å²) >= 11 is 6.95. The smallest absolute Gasteiger partial charge is 0.271 e. The molecule has 2 amide bonds. The van der Waals surface area contributed by atoms with E-state index in [2.05, 4.69) is 47.7 Å². The van der Waals surface area contributed by atoms with E-state index in [9.17, 15) is 9.59 Å². The minimum Gasteiger partial charge on any atom is -0.490 e. The van der Waals surface area contributed by atoms with E-state index in [4.69, 9.17) is 14.2 Å². The van der Waals surface area contributed by atoms with Crippen LogP contribution >= 0.6 is 31.9 Å². The van der Waals surface area contributed by atoms with Crippen molar-refractivity contribution in [3.63, 3.8) is 0 Å². The molecule has 222 valence electrons. The number of amides is 2. The molecular weight excluding hydrogens is 678 g/mol. The van der Waals surface area contributed by atoms with Gasteiger partial charge in [-0.05, 0) is 89.8 Å². The van der Waals surface area contributed by atoms with Crippen LogP contribution in [0.1, 0.15) is 39.5 Å². The lowest BCUT2D eigenvalue weighted by Crippen LogP contribution is -2.21. The summed E-state index contributed by atoms with van der Waals surface area (Å²) in [6.45, 7) is 6.31. The summed E-state index contributed by atoms with van der Waals surface area (Å²) in [7, 11) is 0. The highest BCUT2D eigenvalue weighted by atomic mass is 79.9. The van der Waals surface area contributed by atoms with Gasteiger partial charge >= 0.3 is 0 Å². The first-order valence-electron chi connectivity index (χ1n) is 13.5. The Morgan fingerprint density at radius 3 is 2.44 bits per heavy atom. The molecule has 0 fully saturated rings.